The van der Waals surface area contributed by atoms with E-state index in [4.69, 9.17) is 4.98 Å². The van der Waals surface area contributed by atoms with Gasteiger partial charge in [-0.25, -0.2) is 4.98 Å². The van der Waals surface area contributed by atoms with Gasteiger partial charge in [0.05, 0.1) is 16.4 Å². The first-order valence-corrected chi connectivity index (χ1v) is 12.6. The van der Waals surface area contributed by atoms with Gasteiger partial charge in [0.15, 0.2) is 5.78 Å². The lowest BCUT2D eigenvalue weighted by Gasteiger charge is -2.10. The molecular weight excluding hydrogens is 446 g/mol. The van der Waals surface area contributed by atoms with Crippen molar-refractivity contribution in [1.82, 2.24) is 15.0 Å². The second kappa shape index (κ2) is 8.11. The number of rotatable bonds is 6. The molecule has 31 heavy (non-hydrogen) atoms. The number of fused-ring (bicyclic) bond motifs is 2. The van der Waals surface area contributed by atoms with Gasteiger partial charge in [-0.1, -0.05) is 24.3 Å². The number of H-pyrrole nitrogens is 2. The average Bonchev–Trinajstić information content (AvgIpc) is 3.49. The lowest BCUT2D eigenvalue weighted by Crippen LogP contribution is -2.13. The zero-order valence-electron chi connectivity index (χ0n) is 16.9. The van der Waals surface area contributed by atoms with E-state index in [0.717, 1.165) is 37.4 Å². The molecule has 4 aromatic heterocycles. The minimum atomic E-state index is -0.129. The van der Waals surface area contributed by atoms with E-state index >= 15 is 0 Å². The molecular formula is C23H19N3O2S3. The van der Waals surface area contributed by atoms with Crippen LogP contribution in [-0.4, -0.2) is 26.5 Å². The summed E-state index contributed by atoms with van der Waals surface area (Å²) in [7, 11) is 0. The highest BCUT2D eigenvalue weighted by Crippen LogP contribution is 2.35. The number of carbonyl (C=O) groups excluding carboxylic acids is 1. The van der Waals surface area contributed by atoms with Gasteiger partial charge in [0, 0.05) is 38.0 Å². The summed E-state index contributed by atoms with van der Waals surface area (Å²) in [6, 6.07) is 11.8. The van der Waals surface area contributed by atoms with Crippen LogP contribution in [0.2, 0.25) is 0 Å². The molecule has 8 heteroatoms. The summed E-state index contributed by atoms with van der Waals surface area (Å²) in [4.78, 5) is 38.5. The molecule has 0 saturated heterocycles. The van der Waals surface area contributed by atoms with E-state index in [0.29, 0.717) is 17.0 Å². The molecule has 0 amide bonds. The average molecular weight is 466 g/mol. The molecule has 0 radical (unpaired) electrons. The highest BCUT2D eigenvalue weighted by Gasteiger charge is 2.20. The first-order chi connectivity index (χ1) is 15.0. The molecule has 0 fully saturated rings. The molecule has 0 aliphatic heterocycles. The Labute approximate surface area is 190 Å². The molecule has 5 aromatic rings. The summed E-state index contributed by atoms with van der Waals surface area (Å²) in [5, 5.41) is 5.47. The first-order valence-electron chi connectivity index (χ1n) is 9.80. The number of thioether (sulfide) groups is 1. The fourth-order valence-corrected chi connectivity index (χ4v) is 6.34. The van der Waals surface area contributed by atoms with E-state index < -0.39 is 0 Å². The number of nitrogens with zero attached hydrogens (tertiary/aromatic N) is 1. The van der Waals surface area contributed by atoms with Gasteiger partial charge in [0.25, 0.3) is 5.56 Å². The maximum absolute atomic E-state index is 13.0. The Hall–Kier alpha value is -2.68. The topological polar surface area (TPSA) is 78.6 Å². The van der Waals surface area contributed by atoms with Crippen molar-refractivity contribution >= 4 is 61.3 Å². The lowest BCUT2D eigenvalue weighted by atomic mass is 10.1. The maximum atomic E-state index is 13.0. The molecule has 4 heterocycles. The molecule has 0 saturated carbocycles. The first kappa shape index (κ1) is 20.2. The van der Waals surface area contributed by atoms with Gasteiger partial charge in [-0.2, -0.15) is 0 Å². The number of hydrogen-bond donors (Lipinski definition) is 2. The van der Waals surface area contributed by atoms with Crippen LogP contribution in [0, 0.1) is 6.92 Å². The number of aromatic amines is 2. The molecule has 5 rings (SSSR count). The Balaban J connectivity index is 1.38. The van der Waals surface area contributed by atoms with Crippen molar-refractivity contribution in [3.8, 4) is 10.4 Å². The molecule has 1 atom stereocenters. The van der Waals surface area contributed by atoms with Crippen LogP contribution in [0.5, 0.6) is 0 Å². The molecule has 156 valence electrons. The van der Waals surface area contributed by atoms with Crippen LogP contribution in [0.1, 0.15) is 34.0 Å². The fourth-order valence-electron chi connectivity index (χ4n) is 3.76. The number of nitrogens with one attached hydrogen (secondary N) is 2. The van der Waals surface area contributed by atoms with E-state index in [9.17, 15) is 9.59 Å². The highest BCUT2D eigenvalue weighted by atomic mass is 32.2. The number of benzene rings is 1. The van der Waals surface area contributed by atoms with Gasteiger partial charge in [0.1, 0.15) is 10.7 Å². The number of aromatic nitrogens is 3. The predicted octanol–water partition coefficient (Wildman–Crippen LogP) is 6.18. The maximum Gasteiger partial charge on any atom is 0.260 e. The van der Waals surface area contributed by atoms with Gasteiger partial charge in [-0.15, -0.1) is 34.4 Å². The molecule has 0 aliphatic carbocycles. The third-order valence-corrected chi connectivity index (χ3v) is 8.20. The lowest BCUT2D eigenvalue weighted by molar-refractivity contribution is 0.102. The number of Topliss-reactive ketones (excluding diaryl/α,β-unsaturated/α-hetero) is 1. The molecule has 0 aliphatic rings. The van der Waals surface area contributed by atoms with E-state index in [1.807, 2.05) is 61.0 Å². The largest absolute Gasteiger partial charge is 0.358 e. The van der Waals surface area contributed by atoms with Crippen LogP contribution in [0.4, 0.5) is 0 Å². The molecule has 1 aromatic carbocycles. The monoisotopic (exact) mass is 465 g/mol. The quantitative estimate of drug-likeness (QED) is 0.294. The number of para-hydroxylation sites is 1. The van der Waals surface area contributed by atoms with Crippen molar-refractivity contribution in [3.05, 3.63) is 74.6 Å². The molecule has 2 N–H and O–H groups in total. The van der Waals surface area contributed by atoms with Crippen LogP contribution >= 0.6 is 34.4 Å². The third-order valence-electron chi connectivity index (χ3n) is 5.27. The van der Waals surface area contributed by atoms with Gasteiger partial charge in [0.2, 0.25) is 0 Å². The molecule has 0 unspecified atom stereocenters. The SMILES string of the molecule is Cc1[nH]c2ccccc2c1C(=O)CS[C@H](C)c1nc2scc(-c3cccs3)c2c(=O)[nH]1. The number of aryl methyl sites for hydroxylation is 1. The fraction of sp³-hybridized carbons (Fsp3) is 0.174. The van der Waals surface area contributed by atoms with Crippen LogP contribution in [-0.2, 0) is 0 Å². The van der Waals surface area contributed by atoms with Gasteiger partial charge in [-0.3, -0.25) is 9.59 Å². The van der Waals surface area contributed by atoms with Crippen LogP contribution in [0.3, 0.4) is 0 Å². The molecule has 0 spiro atoms. The summed E-state index contributed by atoms with van der Waals surface area (Å²) >= 11 is 4.57. The zero-order valence-corrected chi connectivity index (χ0v) is 19.3. The second-order valence-corrected chi connectivity index (χ2v) is 10.4. The van der Waals surface area contributed by atoms with Crippen LogP contribution in [0.25, 0.3) is 31.6 Å². The van der Waals surface area contributed by atoms with Crippen molar-refractivity contribution < 1.29 is 4.79 Å². The number of thiophene rings is 2. The summed E-state index contributed by atoms with van der Waals surface area (Å²) in [5.74, 6) is 0.994. The Morgan fingerprint density at radius 3 is 2.81 bits per heavy atom. The Kier molecular flexibility index (Phi) is 5.29. The normalized spacial score (nSPS) is 12.6. The van der Waals surface area contributed by atoms with Gasteiger partial charge in [-0.05, 0) is 31.4 Å². The minimum absolute atomic E-state index is 0.0753. The zero-order chi connectivity index (χ0) is 21.5. The van der Waals surface area contributed by atoms with Crippen LogP contribution < -0.4 is 5.56 Å². The van der Waals surface area contributed by atoms with Crippen molar-refractivity contribution in [2.45, 2.75) is 19.1 Å². The Bertz CT molecular complexity index is 1460. The van der Waals surface area contributed by atoms with Crippen molar-refractivity contribution in [1.29, 1.82) is 0 Å². The predicted molar refractivity (Wildman–Crippen MR) is 132 cm³/mol. The van der Waals surface area contributed by atoms with E-state index in [2.05, 4.69) is 9.97 Å². The van der Waals surface area contributed by atoms with Gasteiger partial charge < -0.3 is 9.97 Å². The smallest absolute Gasteiger partial charge is 0.260 e. The second-order valence-electron chi connectivity index (χ2n) is 7.30. The molecule has 0 bridgehead atoms. The van der Waals surface area contributed by atoms with Crippen molar-refractivity contribution in [2.24, 2.45) is 0 Å². The number of ketones is 1. The van der Waals surface area contributed by atoms with E-state index in [-0.39, 0.29) is 16.6 Å². The van der Waals surface area contributed by atoms with Gasteiger partial charge >= 0.3 is 0 Å². The Morgan fingerprint density at radius 1 is 1.16 bits per heavy atom. The summed E-state index contributed by atoms with van der Waals surface area (Å²) in [6.45, 7) is 3.90. The summed E-state index contributed by atoms with van der Waals surface area (Å²) in [5.41, 5.74) is 3.40. The molecule has 5 nitrogen and oxygen atoms in total. The van der Waals surface area contributed by atoms with Crippen molar-refractivity contribution in [3.63, 3.8) is 0 Å². The minimum Gasteiger partial charge on any atom is -0.358 e. The van der Waals surface area contributed by atoms with E-state index in [1.165, 1.54) is 23.1 Å². The standard InChI is InChI=1S/C23H19N3O2S3/c1-12-19(14-6-3-4-7-16(14)24-12)17(27)11-30-13(2)21-25-22(28)20-15(10-31-23(20)26-21)18-8-5-9-29-18/h3-10,13,24H,11H2,1-2H3,(H,25,26,28)/t13-/m1/s1. The highest BCUT2D eigenvalue weighted by molar-refractivity contribution is 8.00. The summed E-state index contributed by atoms with van der Waals surface area (Å²) < 4.78 is 0. The summed E-state index contributed by atoms with van der Waals surface area (Å²) in [6.07, 6.45) is 0. The number of carbonyl (C=O) groups is 1. The van der Waals surface area contributed by atoms with E-state index in [1.54, 1.807) is 11.3 Å². The Morgan fingerprint density at radius 2 is 2.00 bits per heavy atom. The number of hydrogen-bond acceptors (Lipinski definition) is 6. The third kappa shape index (κ3) is 3.64. The van der Waals surface area contributed by atoms with Crippen molar-refractivity contribution in [2.75, 3.05) is 5.75 Å². The van der Waals surface area contributed by atoms with Crippen LogP contribution in [0.15, 0.2) is 52.0 Å².